The van der Waals surface area contributed by atoms with Crippen molar-refractivity contribution in [1.29, 1.82) is 0 Å². The van der Waals surface area contributed by atoms with Gasteiger partial charge in [0.25, 0.3) is 0 Å². The van der Waals surface area contributed by atoms with Crippen LogP contribution in [0.5, 0.6) is 0 Å². The zero-order valence-corrected chi connectivity index (χ0v) is 16.9. The lowest BCUT2D eigenvalue weighted by atomic mass is 10.2. The van der Waals surface area contributed by atoms with Crippen LogP contribution in [0, 0.1) is 12.7 Å². The van der Waals surface area contributed by atoms with Crippen LogP contribution in [0.4, 0.5) is 21.6 Å². The zero-order valence-electron chi connectivity index (χ0n) is 16.1. The Hall–Kier alpha value is -3.30. The molecule has 2 aromatic carbocycles. The Balaban J connectivity index is 1.65. The van der Waals surface area contributed by atoms with Gasteiger partial charge in [-0.05, 0) is 61.0 Å². The van der Waals surface area contributed by atoms with Crippen molar-refractivity contribution in [2.75, 3.05) is 23.4 Å². The van der Waals surface area contributed by atoms with Crippen LogP contribution in [-0.4, -0.2) is 36.8 Å². The molecule has 0 atom stereocenters. The number of amides is 1. The Labute approximate surface area is 173 Å². The first-order valence-electron chi connectivity index (χ1n) is 9.19. The van der Waals surface area contributed by atoms with Crippen LogP contribution in [-0.2, 0) is 14.8 Å². The summed E-state index contributed by atoms with van der Waals surface area (Å²) in [6.45, 7) is 1.40. The molecule has 0 spiro atoms. The van der Waals surface area contributed by atoms with Crippen molar-refractivity contribution in [3.8, 4) is 0 Å². The van der Waals surface area contributed by atoms with E-state index in [1.807, 2.05) is 13.0 Å². The molecule has 0 saturated carbocycles. The van der Waals surface area contributed by atoms with E-state index >= 15 is 0 Å². The molecule has 1 N–H and O–H groups in total. The van der Waals surface area contributed by atoms with Gasteiger partial charge in [-0.3, -0.25) is 4.79 Å². The van der Waals surface area contributed by atoms with E-state index in [9.17, 15) is 17.6 Å². The highest BCUT2D eigenvalue weighted by Gasteiger charge is 2.37. The van der Waals surface area contributed by atoms with Gasteiger partial charge in [0.05, 0.1) is 13.2 Å². The van der Waals surface area contributed by atoms with E-state index in [4.69, 9.17) is 0 Å². The molecule has 1 aliphatic heterocycles. The van der Waals surface area contributed by atoms with E-state index in [1.165, 1.54) is 42.6 Å². The maximum Gasteiger partial charge on any atom is 0.248 e. The first kappa shape index (κ1) is 20.0. The van der Waals surface area contributed by atoms with Crippen LogP contribution < -0.4 is 10.2 Å². The fourth-order valence-electron chi connectivity index (χ4n) is 3.27. The lowest BCUT2D eigenvalue weighted by molar-refractivity contribution is -0.116. The third-order valence-corrected chi connectivity index (χ3v) is 6.48. The number of benzene rings is 2. The minimum absolute atomic E-state index is 0.0102. The molecular formula is C21H19FN4O3S. The summed E-state index contributed by atoms with van der Waals surface area (Å²) >= 11 is 0. The number of rotatable bonds is 4. The average molecular weight is 426 g/mol. The van der Waals surface area contributed by atoms with Gasteiger partial charge in [-0.1, -0.05) is 12.1 Å². The third kappa shape index (κ3) is 3.89. The average Bonchev–Trinajstić information content (AvgIpc) is 2.71. The van der Waals surface area contributed by atoms with Crippen molar-refractivity contribution >= 4 is 33.1 Å². The van der Waals surface area contributed by atoms with E-state index in [1.54, 1.807) is 23.1 Å². The molecule has 0 saturated heterocycles. The Morgan fingerprint density at radius 1 is 1.13 bits per heavy atom. The van der Waals surface area contributed by atoms with Crippen molar-refractivity contribution in [2.45, 2.75) is 11.8 Å². The zero-order chi connectivity index (χ0) is 21.3. The Morgan fingerprint density at radius 2 is 1.90 bits per heavy atom. The highest BCUT2D eigenvalue weighted by molar-refractivity contribution is 7.89. The van der Waals surface area contributed by atoms with E-state index in [2.05, 4.69) is 10.3 Å². The lowest BCUT2D eigenvalue weighted by Crippen LogP contribution is -2.47. The summed E-state index contributed by atoms with van der Waals surface area (Å²) in [7, 11) is -3.93. The molecule has 9 heteroatoms. The van der Waals surface area contributed by atoms with Gasteiger partial charge in [0.1, 0.15) is 10.7 Å². The number of sulfonamides is 1. The second-order valence-electron chi connectivity index (χ2n) is 6.90. The smallest absolute Gasteiger partial charge is 0.248 e. The summed E-state index contributed by atoms with van der Waals surface area (Å²) in [6.07, 6.45) is 1.49. The van der Waals surface area contributed by atoms with Crippen LogP contribution in [0.25, 0.3) is 0 Å². The molecule has 0 radical (unpaired) electrons. The lowest BCUT2D eigenvalue weighted by Gasteiger charge is -2.36. The second-order valence-corrected chi connectivity index (χ2v) is 8.81. The number of anilines is 3. The molecule has 1 aromatic heterocycles. The van der Waals surface area contributed by atoms with E-state index in [0.29, 0.717) is 11.4 Å². The monoisotopic (exact) mass is 426 g/mol. The largest absolute Gasteiger partial charge is 0.325 e. The molecule has 1 amide bonds. The van der Waals surface area contributed by atoms with Crippen molar-refractivity contribution < 1.29 is 17.6 Å². The number of fused-ring (bicyclic) bond motifs is 1. The second kappa shape index (κ2) is 7.85. The SMILES string of the molecule is Cc1cccc(NC(=O)CN2CN(c3ccc(F)cc3)c3ncccc3S2(=O)=O)c1. The quantitative estimate of drug-likeness (QED) is 0.692. The topological polar surface area (TPSA) is 82.6 Å². The number of aromatic nitrogens is 1. The van der Waals surface area contributed by atoms with E-state index in [-0.39, 0.29) is 23.9 Å². The molecule has 2 heterocycles. The summed E-state index contributed by atoms with van der Waals surface area (Å²) in [5, 5.41) is 2.73. The van der Waals surface area contributed by atoms with Crippen LogP contribution in [0.15, 0.2) is 71.8 Å². The Bertz CT molecular complexity index is 1200. The van der Waals surface area contributed by atoms with E-state index in [0.717, 1.165) is 9.87 Å². The first-order chi connectivity index (χ1) is 14.3. The summed E-state index contributed by atoms with van der Waals surface area (Å²) in [4.78, 5) is 18.4. The van der Waals surface area contributed by atoms with Crippen LogP contribution in [0.2, 0.25) is 0 Å². The number of nitrogens with zero attached hydrogens (tertiary/aromatic N) is 3. The van der Waals surface area contributed by atoms with Gasteiger partial charge >= 0.3 is 0 Å². The minimum Gasteiger partial charge on any atom is -0.325 e. The number of aryl methyl sites for hydroxylation is 1. The number of nitrogens with one attached hydrogen (secondary N) is 1. The van der Waals surface area contributed by atoms with Gasteiger partial charge in [0, 0.05) is 17.6 Å². The normalized spacial score (nSPS) is 15.5. The molecule has 30 heavy (non-hydrogen) atoms. The fourth-order valence-corrected chi connectivity index (χ4v) is 4.75. The van der Waals surface area contributed by atoms with E-state index < -0.39 is 21.7 Å². The highest BCUT2D eigenvalue weighted by atomic mass is 32.2. The predicted molar refractivity (Wildman–Crippen MR) is 111 cm³/mol. The Morgan fingerprint density at radius 3 is 2.63 bits per heavy atom. The Kier molecular flexibility index (Phi) is 5.23. The van der Waals surface area contributed by atoms with Gasteiger partial charge in [-0.2, -0.15) is 4.31 Å². The van der Waals surface area contributed by atoms with Crippen molar-refractivity contribution in [1.82, 2.24) is 9.29 Å². The number of halogens is 1. The standard InChI is InChI=1S/C21H19FN4O3S/c1-15-4-2-5-17(12-15)24-20(27)13-25-14-26(18-9-7-16(22)8-10-18)21-19(30(25,28)29)6-3-11-23-21/h2-12H,13-14H2,1H3,(H,24,27). The van der Waals surface area contributed by atoms with Crippen molar-refractivity contribution in [3.05, 3.63) is 78.2 Å². The molecule has 7 nitrogen and oxygen atoms in total. The number of pyridine rings is 1. The molecule has 154 valence electrons. The van der Waals surface area contributed by atoms with Crippen molar-refractivity contribution in [3.63, 3.8) is 0 Å². The summed E-state index contributed by atoms with van der Waals surface area (Å²) < 4.78 is 40.6. The van der Waals surface area contributed by atoms with Gasteiger partial charge in [-0.15, -0.1) is 0 Å². The molecule has 4 rings (SSSR count). The van der Waals surface area contributed by atoms with Gasteiger partial charge < -0.3 is 10.2 Å². The third-order valence-electron chi connectivity index (χ3n) is 4.68. The maximum atomic E-state index is 13.4. The molecule has 0 bridgehead atoms. The van der Waals surface area contributed by atoms with Crippen LogP contribution in [0.3, 0.4) is 0 Å². The molecule has 1 aliphatic rings. The maximum absolute atomic E-state index is 13.4. The summed E-state index contributed by atoms with van der Waals surface area (Å²) in [6, 6.07) is 15.9. The van der Waals surface area contributed by atoms with Gasteiger partial charge in [0.15, 0.2) is 5.82 Å². The number of hydrogen-bond donors (Lipinski definition) is 1. The highest BCUT2D eigenvalue weighted by Crippen LogP contribution is 2.35. The molecule has 0 fully saturated rings. The molecule has 0 unspecified atom stereocenters. The number of carbonyl (C=O) groups is 1. The summed E-state index contributed by atoms with van der Waals surface area (Å²) in [5.74, 6) is -0.631. The molecular weight excluding hydrogens is 407 g/mol. The number of hydrogen-bond acceptors (Lipinski definition) is 5. The first-order valence-corrected chi connectivity index (χ1v) is 10.6. The van der Waals surface area contributed by atoms with Crippen molar-refractivity contribution in [2.24, 2.45) is 0 Å². The van der Waals surface area contributed by atoms with Gasteiger partial charge in [0.2, 0.25) is 15.9 Å². The summed E-state index contributed by atoms with van der Waals surface area (Å²) in [5.41, 5.74) is 2.13. The molecule has 0 aliphatic carbocycles. The number of carbonyl (C=O) groups excluding carboxylic acids is 1. The fraction of sp³-hybridized carbons (Fsp3) is 0.143. The van der Waals surface area contributed by atoms with Crippen LogP contribution >= 0.6 is 0 Å². The van der Waals surface area contributed by atoms with Gasteiger partial charge in [-0.25, -0.2) is 17.8 Å². The van der Waals surface area contributed by atoms with Crippen LogP contribution in [0.1, 0.15) is 5.56 Å². The minimum atomic E-state index is -3.93. The predicted octanol–water partition coefficient (Wildman–Crippen LogP) is 3.27. The molecule has 3 aromatic rings.